The number of nitrogen functional groups attached to an aromatic ring is 1. The van der Waals surface area contributed by atoms with Crippen LogP contribution in [0.2, 0.25) is 0 Å². The Labute approximate surface area is 191 Å². The molecule has 4 rings (SSSR count). The minimum Gasteiger partial charge on any atom is -0.496 e. The van der Waals surface area contributed by atoms with Crippen molar-refractivity contribution in [1.82, 2.24) is 24.8 Å². The van der Waals surface area contributed by atoms with E-state index in [9.17, 15) is 0 Å². The van der Waals surface area contributed by atoms with E-state index in [-0.39, 0.29) is 0 Å². The zero-order valence-corrected chi connectivity index (χ0v) is 19.4. The van der Waals surface area contributed by atoms with Gasteiger partial charge in [0, 0.05) is 44.5 Å². The summed E-state index contributed by atoms with van der Waals surface area (Å²) in [4.78, 5) is 11.6. The molecule has 3 N–H and O–H groups in total. The molecule has 0 bridgehead atoms. The lowest BCUT2D eigenvalue weighted by molar-refractivity contribution is 0.233. The van der Waals surface area contributed by atoms with Crippen molar-refractivity contribution < 1.29 is 4.74 Å². The van der Waals surface area contributed by atoms with Gasteiger partial charge in [0.15, 0.2) is 0 Å². The van der Waals surface area contributed by atoms with Crippen molar-refractivity contribution in [3.63, 3.8) is 0 Å². The van der Waals surface area contributed by atoms with Crippen molar-refractivity contribution in [2.24, 2.45) is 0 Å². The first-order valence-electron chi connectivity index (χ1n) is 11.9. The number of rotatable bonds is 10. The Morgan fingerprint density at radius 2 is 1.91 bits per heavy atom. The Balaban J connectivity index is 1.55. The fourth-order valence-corrected chi connectivity index (χ4v) is 4.56. The van der Waals surface area contributed by atoms with Crippen LogP contribution in [0.15, 0.2) is 30.5 Å². The third-order valence-corrected chi connectivity index (χ3v) is 6.28. The Morgan fingerprint density at radius 3 is 2.69 bits per heavy atom. The van der Waals surface area contributed by atoms with Crippen molar-refractivity contribution in [1.29, 1.82) is 0 Å². The summed E-state index contributed by atoms with van der Waals surface area (Å²) >= 11 is 0. The average molecular weight is 437 g/mol. The number of fused-ring (bicyclic) bond motifs is 1. The highest BCUT2D eigenvalue weighted by Gasteiger charge is 2.15. The van der Waals surface area contributed by atoms with Crippen LogP contribution < -0.4 is 15.8 Å². The van der Waals surface area contributed by atoms with E-state index in [1.807, 2.05) is 6.07 Å². The predicted octanol–water partition coefficient (Wildman–Crippen LogP) is 3.60. The van der Waals surface area contributed by atoms with E-state index in [1.165, 1.54) is 24.8 Å². The molecule has 7 nitrogen and oxygen atoms in total. The van der Waals surface area contributed by atoms with Crippen LogP contribution in [0.25, 0.3) is 11.0 Å². The summed E-state index contributed by atoms with van der Waals surface area (Å²) in [5.41, 5.74) is 11.5. The van der Waals surface area contributed by atoms with Crippen LogP contribution in [-0.2, 0) is 19.5 Å². The maximum atomic E-state index is 6.00. The number of ether oxygens (including phenoxy) is 1. The largest absolute Gasteiger partial charge is 0.496 e. The van der Waals surface area contributed by atoms with Crippen molar-refractivity contribution in [3.8, 4) is 5.75 Å². The van der Waals surface area contributed by atoms with E-state index in [2.05, 4.69) is 56.1 Å². The lowest BCUT2D eigenvalue weighted by atomic mass is 10.1. The van der Waals surface area contributed by atoms with Crippen LogP contribution in [0.4, 0.5) is 5.95 Å². The summed E-state index contributed by atoms with van der Waals surface area (Å²) in [6.45, 7) is 8.20. The van der Waals surface area contributed by atoms with Gasteiger partial charge in [-0.05, 0) is 30.5 Å². The van der Waals surface area contributed by atoms with E-state index < -0.39 is 0 Å². The molecule has 0 spiro atoms. The lowest BCUT2D eigenvalue weighted by Gasteiger charge is -2.27. The fourth-order valence-electron chi connectivity index (χ4n) is 4.56. The SMILES string of the molecule is CCCCCCc1nc(N)nc2ccn(Cc3ccc(CN4CCNCC4)cc3OC)c12. The second kappa shape index (κ2) is 10.8. The highest BCUT2D eigenvalue weighted by atomic mass is 16.5. The van der Waals surface area contributed by atoms with Crippen molar-refractivity contribution in [2.75, 3.05) is 39.0 Å². The summed E-state index contributed by atoms with van der Waals surface area (Å²) < 4.78 is 8.02. The first-order valence-corrected chi connectivity index (χ1v) is 11.9. The molecule has 1 saturated heterocycles. The molecule has 1 aliphatic heterocycles. The monoisotopic (exact) mass is 436 g/mol. The molecule has 0 amide bonds. The van der Waals surface area contributed by atoms with Crippen LogP contribution in [0.1, 0.15) is 49.4 Å². The Hall–Kier alpha value is -2.64. The van der Waals surface area contributed by atoms with Gasteiger partial charge >= 0.3 is 0 Å². The number of piperazine rings is 1. The third kappa shape index (κ3) is 5.40. The van der Waals surface area contributed by atoms with Gasteiger partial charge in [-0.2, -0.15) is 0 Å². The van der Waals surface area contributed by atoms with E-state index in [0.717, 1.165) is 80.2 Å². The number of hydrogen-bond acceptors (Lipinski definition) is 6. The summed E-state index contributed by atoms with van der Waals surface area (Å²) in [5.74, 6) is 1.29. The van der Waals surface area contributed by atoms with Gasteiger partial charge in [-0.15, -0.1) is 0 Å². The smallest absolute Gasteiger partial charge is 0.220 e. The topological polar surface area (TPSA) is 81.2 Å². The summed E-state index contributed by atoms with van der Waals surface area (Å²) in [5, 5.41) is 3.41. The molecule has 7 heteroatoms. The molecular weight excluding hydrogens is 400 g/mol. The molecule has 0 unspecified atom stereocenters. The number of unbranched alkanes of at least 4 members (excludes halogenated alkanes) is 3. The molecule has 3 heterocycles. The van der Waals surface area contributed by atoms with Crippen LogP contribution in [-0.4, -0.2) is 52.7 Å². The standard InChI is InChI=1S/C25H36N6O/c1-3-4-5-6-7-21-24-22(29-25(26)28-21)10-13-31(24)18-20-9-8-19(16-23(20)32-2)17-30-14-11-27-12-15-30/h8-10,13,16,27H,3-7,11-12,14-15,17-18H2,1-2H3,(H2,26,28,29). The number of hydrogen-bond donors (Lipinski definition) is 2. The van der Waals surface area contributed by atoms with Crippen LogP contribution in [0, 0.1) is 0 Å². The zero-order chi connectivity index (χ0) is 22.3. The minimum atomic E-state index is 0.357. The Morgan fingerprint density at radius 1 is 1.06 bits per heavy atom. The number of nitrogens with one attached hydrogen (secondary N) is 1. The average Bonchev–Trinajstić information content (AvgIpc) is 3.20. The van der Waals surface area contributed by atoms with Gasteiger partial charge in [-0.3, -0.25) is 4.90 Å². The first kappa shape index (κ1) is 22.6. The van der Waals surface area contributed by atoms with Crippen molar-refractivity contribution in [2.45, 2.75) is 52.1 Å². The summed E-state index contributed by atoms with van der Waals surface area (Å²) in [7, 11) is 1.75. The molecule has 32 heavy (non-hydrogen) atoms. The van der Waals surface area contributed by atoms with E-state index >= 15 is 0 Å². The maximum absolute atomic E-state index is 6.00. The number of nitrogens with zero attached hydrogens (tertiary/aromatic N) is 4. The van der Waals surface area contributed by atoms with Crippen LogP contribution in [0.5, 0.6) is 5.75 Å². The van der Waals surface area contributed by atoms with Gasteiger partial charge in [0.2, 0.25) is 5.95 Å². The molecule has 1 fully saturated rings. The number of aromatic nitrogens is 3. The molecule has 1 aromatic carbocycles. The summed E-state index contributed by atoms with van der Waals surface area (Å²) in [6, 6.07) is 8.64. The van der Waals surface area contributed by atoms with Gasteiger partial charge in [0.1, 0.15) is 5.75 Å². The molecule has 3 aromatic rings. The fraction of sp³-hybridized carbons (Fsp3) is 0.520. The highest BCUT2D eigenvalue weighted by Crippen LogP contribution is 2.26. The van der Waals surface area contributed by atoms with Crippen molar-refractivity contribution >= 4 is 17.0 Å². The molecule has 2 aromatic heterocycles. The van der Waals surface area contributed by atoms with Crippen LogP contribution >= 0.6 is 0 Å². The quantitative estimate of drug-likeness (QED) is 0.473. The highest BCUT2D eigenvalue weighted by molar-refractivity contribution is 5.79. The van der Waals surface area contributed by atoms with Gasteiger partial charge in [-0.1, -0.05) is 38.3 Å². The van der Waals surface area contributed by atoms with Gasteiger partial charge < -0.3 is 20.4 Å². The number of methoxy groups -OCH3 is 1. The van der Waals surface area contributed by atoms with Crippen LogP contribution in [0.3, 0.4) is 0 Å². The number of aryl methyl sites for hydroxylation is 1. The molecule has 0 aliphatic carbocycles. The van der Waals surface area contributed by atoms with E-state index in [4.69, 9.17) is 10.5 Å². The normalized spacial score (nSPS) is 14.8. The molecule has 0 atom stereocenters. The first-order chi connectivity index (χ1) is 15.7. The molecular formula is C25H36N6O. The van der Waals surface area contributed by atoms with E-state index in [0.29, 0.717) is 5.95 Å². The summed E-state index contributed by atoms with van der Waals surface area (Å²) in [6.07, 6.45) is 7.82. The Bertz CT molecular complexity index is 1020. The number of anilines is 1. The second-order valence-corrected chi connectivity index (χ2v) is 8.69. The second-order valence-electron chi connectivity index (χ2n) is 8.69. The zero-order valence-electron chi connectivity index (χ0n) is 19.4. The van der Waals surface area contributed by atoms with Gasteiger partial charge in [0.25, 0.3) is 0 Å². The number of nitrogens with two attached hydrogens (primary N) is 1. The number of benzene rings is 1. The predicted molar refractivity (Wildman–Crippen MR) is 130 cm³/mol. The molecule has 1 aliphatic rings. The maximum Gasteiger partial charge on any atom is 0.220 e. The molecule has 172 valence electrons. The van der Waals surface area contributed by atoms with Crippen molar-refractivity contribution in [3.05, 3.63) is 47.3 Å². The lowest BCUT2D eigenvalue weighted by Crippen LogP contribution is -2.42. The molecule has 0 radical (unpaired) electrons. The van der Waals surface area contributed by atoms with Gasteiger partial charge in [0.05, 0.1) is 30.4 Å². The van der Waals surface area contributed by atoms with Gasteiger partial charge in [-0.25, -0.2) is 9.97 Å². The Kier molecular flexibility index (Phi) is 7.60. The van der Waals surface area contributed by atoms with E-state index in [1.54, 1.807) is 7.11 Å². The third-order valence-electron chi connectivity index (χ3n) is 6.28. The molecule has 0 saturated carbocycles. The minimum absolute atomic E-state index is 0.357.